The average Bonchev–Trinajstić information content (AvgIpc) is 3.12. The van der Waals surface area contributed by atoms with Crippen LogP contribution in [0.1, 0.15) is 6.42 Å². The van der Waals surface area contributed by atoms with E-state index < -0.39 is 33.7 Å². The molecule has 9 nitrogen and oxygen atoms in total. The summed E-state index contributed by atoms with van der Waals surface area (Å²) in [5, 5.41) is 2.88. The maximum absolute atomic E-state index is 14.2. The highest BCUT2D eigenvalue weighted by molar-refractivity contribution is 7.92. The van der Waals surface area contributed by atoms with Gasteiger partial charge in [0.15, 0.2) is 0 Å². The molecule has 0 aliphatic carbocycles. The molecule has 0 aromatic heterocycles. The van der Waals surface area contributed by atoms with E-state index in [4.69, 9.17) is 9.47 Å². The molecule has 0 bridgehead atoms. The smallest absolute Gasteiger partial charge is 0.265 e. The van der Waals surface area contributed by atoms with Crippen LogP contribution in [0.15, 0.2) is 71.6 Å². The van der Waals surface area contributed by atoms with Crippen LogP contribution >= 0.6 is 0 Å². The average molecular weight is 500 g/mol. The Morgan fingerprint density at radius 1 is 0.943 bits per heavy atom. The van der Waals surface area contributed by atoms with Crippen molar-refractivity contribution in [2.24, 2.45) is 0 Å². The number of hydrogen-bond acceptors (Lipinski definition) is 7. The summed E-state index contributed by atoms with van der Waals surface area (Å²) in [6, 6.07) is 15.0. The summed E-state index contributed by atoms with van der Waals surface area (Å²) in [6.07, 6.45) is -0.217. The predicted molar refractivity (Wildman–Crippen MR) is 128 cm³/mol. The zero-order valence-electron chi connectivity index (χ0n) is 18.8. The van der Waals surface area contributed by atoms with Gasteiger partial charge in [0.05, 0.1) is 26.3 Å². The molecule has 0 saturated carbocycles. The Kier molecular flexibility index (Phi) is 6.61. The predicted octanol–water partition coefficient (Wildman–Crippen LogP) is 3.39. The van der Waals surface area contributed by atoms with E-state index in [1.165, 1.54) is 50.6 Å². The molecule has 1 saturated heterocycles. The Balaban J connectivity index is 1.58. The van der Waals surface area contributed by atoms with E-state index in [9.17, 15) is 22.4 Å². The molecule has 0 radical (unpaired) electrons. The van der Waals surface area contributed by atoms with Crippen LogP contribution in [-0.4, -0.2) is 40.5 Å². The van der Waals surface area contributed by atoms with Gasteiger partial charge in [-0.1, -0.05) is 12.1 Å². The topological polar surface area (TPSA) is 114 Å². The zero-order valence-corrected chi connectivity index (χ0v) is 19.6. The normalized spacial score (nSPS) is 15.7. The van der Waals surface area contributed by atoms with E-state index in [1.807, 2.05) is 0 Å². The van der Waals surface area contributed by atoms with Crippen LogP contribution < -0.4 is 24.4 Å². The number of anilines is 3. The summed E-state index contributed by atoms with van der Waals surface area (Å²) < 4.78 is 53.1. The maximum Gasteiger partial charge on any atom is 0.265 e. The minimum atomic E-state index is -4.08. The van der Waals surface area contributed by atoms with Crippen molar-refractivity contribution in [1.82, 2.24) is 0 Å². The van der Waals surface area contributed by atoms with E-state index in [0.29, 0.717) is 11.4 Å². The summed E-state index contributed by atoms with van der Waals surface area (Å²) in [6.45, 7) is 0. The number of amides is 2. The molecule has 1 heterocycles. The summed E-state index contributed by atoms with van der Waals surface area (Å²) in [5.41, 5.74) is 0.444. The van der Waals surface area contributed by atoms with Crippen molar-refractivity contribution in [2.75, 3.05) is 29.2 Å². The van der Waals surface area contributed by atoms with Gasteiger partial charge < -0.3 is 14.8 Å². The van der Waals surface area contributed by atoms with Crippen LogP contribution in [0, 0.1) is 5.82 Å². The fraction of sp³-hybridized carbons (Fsp3) is 0.167. The van der Waals surface area contributed by atoms with Crippen LogP contribution in [0.2, 0.25) is 0 Å². The van der Waals surface area contributed by atoms with Crippen molar-refractivity contribution in [3.63, 3.8) is 0 Å². The zero-order chi connectivity index (χ0) is 25.2. The molecule has 1 aliphatic rings. The van der Waals surface area contributed by atoms with E-state index >= 15 is 0 Å². The molecule has 3 aromatic rings. The number of rotatable bonds is 8. The third-order valence-electron chi connectivity index (χ3n) is 5.38. The highest BCUT2D eigenvalue weighted by atomic mass is 32.2. The molecular weight excluding hydrogens is 477 g/mol. The summed E-state index contributed by atoms with van der Waals surface area (Å²) in [4.78, 5) is 26.0. The lowest BCUT2D eigenvalue weighted by atomic mass is 10.2. The van der Waals surface area contributed by atoms with Gasteiger partial charge in [-0.3, -0.25) is 14.3 Å². The van der Waals surface area contributed by atoms with Gasteiger partial charge in [-0.15, -0.1) is 0 Å². The second-order valence-corrected chi connectivity index (χ2v) is 9.27. The molecule has 0 spiro atoms. The van der Waals surface area contributed by atoms with Gasteiger partial charge in [0.1, 0.15) is 28.3 Å². The third kappa shape index (κ3) is 4.90. The Labute approximate surface area is 201 Å². The van der Waals surface area contributed by atoms with E-state index in [1.54, 1.807) is 24.3 Å². The molecule has 0 unspecified atom stereocenters. The van der Waals surface area contributed by atoms with Crippen LogP contribution in [0.25, 0.3) is 0 Å². The SMILES string of the molecule is COc1ccc(NS(=O)(=O)c2cc(N[C@@H]3CC(=O)N(c4ccccc4F)C3=O)ccc2OC)cc1. The quantitative estimate of drug-likeness (QED) is 0.457. The monoisotopic (exact) mass is 499 g/mol. The van der Waals surface area contributed by atoms with Crippen LogP contribution in [0.4, 0.5) is 21.5 Å². The van der Waals surface area contributed by atoms with E-state index in [-0.39, 0.29) is 28.4 Å². The van der Waals surface area contributed by atoms with Crippen molar-refractivity contribution in [3.05, 3.63) is 72.5 Å². The molecule has 1 fully saturated rings. The summed E-state index contributed by atoms with van der Waals surface area (Å²) in [7, 11) is -1.25. The van der Waals surface area contributed by atoms with Crippen LogP contribution in [0.5, 0.6) is 11.5 Å². The number of imide groups is 1. The number of methoxy groups -OCH3 is 2. The lowest BCUT2D eigenvalue weighted by Crippen LogP contribution is -2.35. The molecular formula is C24H22FN3O6S. The Hall–Kier alpha value is -4.12. The minimum Gasteiger partial charge on any atom is -0.497 e. The molecule has 182 valence electrons. The van der Waals surface area contributed by atoms with Crippen molar-refractivity contribution >= 4 is 38.9 Å². The van der Waals surface area contributed by atoms with Crippen molar-refractivity contribution in [3.8, 4) is 11.5 Å². The van der Waals surface area contributed by atoms with Gasteiger partial charge in [-0.25, -0.2) is 17.7 Å². The Morgan fingerprint density at radius 2 is 1.63 bits per heavy atom. The number of sulfonamides is 1. The molecule has 1 aliphatic heterocycles. The molecule has 3 aromatic carbocycles. The first-order valence-electron chi connectivity index (χ1n) is 10.5. The number of hydrogen-bond donors (Lipinski definition) is 2. The number of halogens is 1. The number of ether oxygens (including phenoxy) is 2. The third-order valence-corrected chi connectivity index (χ3v) is 6.78. The van der Waals surface area contributed by atoms with Crippen molar-refractivity contribution in [1.29, 1.82) is 0 Å². The van der Waals surface area contributed by atoms with Gasteiger partial charge in [0.2, 0.25) is 5.91 Å². The largest absolute Gasteiger partial charge is 0.497 e. The second kappa shape index (κ2) is 9.63. The molecule has 35 heavy (non-hydrogen) atoms. The number of para-hydroxylation sites is 1. The van der Waals surface area contributed by atoms with E-state index in [2.05, 4.69) is 10.0 Å². The summed E-state index contributed by atoms with van der Waals surface area (Å²) >= 11 is 0. The highest BCUT2D eigenvalue weighted by Crippen LogP contribution is 2.31. The minimum absolute atomic E-state index is 0.0818. The molecule has 1 atom stereocenters. The fourth-order valence-electron chi connectivity index (χ4n) is 3.68. The van der Waals surface area contributed by atoms with Gasteiger partial charge in [0, 0.05) is 11.4 Å². The molecule has 2 amide bonds. The van der Waals surface area contributed by atoms with Crippen LogP contribution in [0.3, 0.4) is 0 Å². The Morgan fingerprint density at radius 3 is 2.29 bits per heavy atom. The maximum atomic E-state index is 14.2. The molecule has 11 heteroatoms. The fourth-order valence-corrected chi connectivity index (χ4v) is 4.93. The number of nitrogens with zero attached hydrogens (tertiary/aromatic N) is 1. The number of carbonyl (C=O) groups excluding carboxylic acids is 2. The number of benzene rings is 3. The van der Waals surface area contributed by atoms with Crippen LogP contribution in [-0.2, 0) is 19.6 Å². The Bertz CT molecular complexity index is 1380. The lowest BCUT2D eigenvalue weighted by molar-refractivity contribution is -0.121. The molecule has 4 rings (SSSR count). The molecule has 2 N–H and O–H groups in total. The van der Waals surface area contributed by atoms with Gasteiger partial charge in [-0.05, 0) is 54.6 Å². The first-order chi connectivity index (χ1) is 16.7. The highest BCUT2D eigenvalue weighted by Gasteiger charge is 2.40. The van der Waals surface area contributed by atoms with Gasteiger partial charge >= 0.3 is 0 Å². The second-order valence-electron chi connectivity index (χ2n) is 7.62. The number of carbonyl (C=O) groups is 2. The first kappa shape index (κ1) is 24.0. The van der Waals surface area contributed by atoms with E-state index in [0.717, 1.165) is 11.0 Å². The lowest BCUT2D eigenvalue weighted by Gasteiger charge is -2.18. The van der Waals surface area contributed by atoms with Crippen molar-refractivity contribution < 1.29 is 31.9 Å². The summed E-state index contributed by atoms with van der Waals surface area (Å²) in [5.74, 6) is -1.26. The van der Waals surface area contributed by atoms with Crippen molar-refractivity contribution in [2.45, 2.75) is 17.4 Å². The van der Waals surface area contributed by atoms with Gasteiger partial charge in [0.25, 0.3) is 15.9 Å². The first-order valence-corrected chi connectivity index (χ1v) is 11.9. The van der Waals surface area contributed by atoms with Gasteiger partial charge in [-0.2, -0.15) is 0 Å². The number of nitrogens with one attached hydrogen (secondary N) is 2. The standard InChI is InChI=1S/C24H22FN3O6S/c1-33-17-10-7-15(8-11-17)27-35(31,32)22-13-16(9-12-21(22)34-2)26-19-14-23(29)28(24(19)30)20-6-4-3-5-18(20)25/h3-13,19,26-27H,14H2,1-2H3/t19-/m1/s1.